The molecule has 1 aromatic rings. The van der Waals surface area contributed by atoms with Crippen molar-refractivity contribution in [1.29, 1.82) is 0 Å². The van der Waals surface area contributed by atoms with Gasteiger partial charge in [-0.2, -0.15) is 0 Å². The van der Waals surface area contributed by atoms with Crippen molar-refractivity contribution in [1.82, 2.24) is 20.4 Å². The molecule has 2 N–H and O–H groups in total. The molecule has 256 valence electrons. The lowest BCUT2D eigenvalue weighted by atomic mass is 9.65. The van der Waals surface area contributed by atoms with E-state index in [2.05, 4.69) is 10.6 Å². The van der Waals surface area contributed by atoms with Crippen LogP contribution in [0.15, 0.2) is 40.7 Å². The number of esters is 2. The minimum atomic E-state index is -1.04. The topological polar surface area (TPSA) is 127 Å². The Morgan fingerprint density at radius 3 is 2.21 bits per heavy atom. The molecule has 47 heavy (non-hydrogen) atoms. The monoisotopic (exact) mass is 710 g/mol. The summed E-state index contributed by atoms with van der Waals surface area (Å²) in [5, 5.41) is 7.13. The molecular weight excluding hydrogens is 671 g/mol. The Hall–Kier alpha value is -2.99. The highest BCUT2D eigenvalue weighted by molar-refractivity contribution is 6.36. The van der Waals surface area contributed by atoms with Crippen molar-refractivity contribution in [3.8, 4) is 0 Å². The van der Waals surface area contributed by atoms with Crippen molar-refractivity contribution < 1.29 is 33.4 Å². The highest BCUT2D eigenvalue weighted by atomic mass is 35.5. The van der Waals surface area contributed by atoms with Crippen molar-refractivity contribution in [2.75, 3.05) is 46.9 Å². The number of carbonyl (C=O) groups excluding carboxylic acids is 4. The molecule has 3 fully saturated rings. The van der Waals surface area contributed by atoms with Gasteiger partial charge in [-0.05, 0) is 56.6 Å². The number of nitrogens with zero attached hydrogens (tertiary/aromatic N) is 2. The number of carbonyl (C=O) groups is 4. The maximum absolute atomic E-state index is 14.4. The van der Waals surface area contributed by atoms with Crippen LogP contribution in [0.2, 0.25) is 10.0 Å². The van der Waals surface area contributed by atoms with E-state index in [0.29, 0.717) is 49.7 Å². The number of halogens is 3. The fourth-order valence-electron chi connectivity index (χ4n) is 7.94. The van der Waals surface area contributed by atoms with E-state index in [1.807, 2.05) is 4.90 Å². The van der Waals surface area contributed by atoms with Gasteiger partial charge in [0.05, 0.1) is 37.7 Å². The molecule has 1 saturated carbocycles. The maximum Gasteiger partial charge on any atom is 0.411 e. The molecule has 11 nitrogen and oxygen atoms in total. The first-order valence-corrected chi connectivity index (χ1v) is 17.1. The third-order valence-electron chi connectivity index (χ3n) is 9.79. The number of nitrogens with one attached hydrogen (secondary N) is 2. The average molecular weight is 712 g/mol. The molecule has 5 unspecified atom stereocenters. The lowest BCUT2D eigenvalue weighted by Crippen LogP contribution is -2.63. The number of hydrogen-bond donors (Lipinski definition) is 2. The summed E-state index contributed by atoms with van der Waals surface area (Å²) in [6.07, 6.45) is 2.39. The van der Waals surface area contributed by atoms with Gasteiger partial charge >= 0.3 is 18.0 Å². The molecule has 2 amide bonds. The first-order valence-electron chi connectivity index (χ1n) is 15.9. The van der Waals surface area contributed by atoms with Crippen molar-refractivity contribution in [3.63, 3.8) is 0 Å². The fourth-order valence-corrected chi connectivity index (χ4v) is 8.64. The largest absolute Gasteiger partial charge is 0.466 e. The van der Waals surface area contributed by atoms with E-state index in [0.717, 1.165) is 19.3 Å². The van der Waals surface area contributed by atoms with Gasteiger partial charge in [0.2, 0.25) is 5.91 Å². The number of dihydropyridines is 1. The Morgan fingerprint density at radius 2 is 1.62 bits per heavy atom. The number of likely N-dealkylation sites (tertiary alicyclic amines) is 1. The predicted molar refractivity (Wildman–Crippen MR) is 177 cm³/mol. The van der Waals surface area contributed by atoms with Crippen LogP contribution in [0.5, 0.6) is 0 Å². The van der Waals surface area contributed by atoms with Crippen molar-refractivity contribution >= 4 is 58.7 Å². The molecular formula is C33H41Cl3N4O7. The van der Waals surface area contributed by atoms with E-state index in [9.17, 15) is 19.2 Å². The van der Waals surface area contributed by atoms with Crippen LogP contribution in [0, 0.1) is 17.8 Å². The second-order valence-corrected chi connectivity index (χ2v) is 13.9. The molecule has 14 heteroatoms. The molecule has 0 radical (unpaired) electrons. The standard InChI is InChI=1S/C33H41Cl3N4O7/c1-17-26(31(42)45-3)30(28-21(35)9-6-10-22(28)36)29(32(43)46-4)23(38-17)13-25(41)40-12-11-37-14-24(40)27-19-7-5-8-20(27)16-39(15-19)33(44)47-18(2)34/h6,9-10,18-20,24,27,30,37-38H,5,7-8,11-16H2,1-4H3. The van der Waals surface area contributed by atoms with E-state index in [-0.39, 0.29) is 57.3 Å². The molecule has 0 aromatic heterocycles. The molecule has 3 aliphatic heterocycles. The maximum atomic E-state index is 14.4. The first kappa shape index (κ1) is 35.3. The van der Waals surface area contributed by atoms with Gasteiger partial charge in [0.25, 0.3) is 0 Å². The van der Waals surface area contributed by atoms with Crippen LogP contribution in [0.4, 0.5) is 4.79 Å². The van der Waals surface area contributed by atoms with E-state index in [1.165, 1.54) is 14.2 Å². The summed E-state index contributed by atoms with van der Waals surface area (Å²) in [5.74, 6) is -2.06. The van der Waals surface area contributed by atoms with Gasteiger partial charge in [-0.15, -0.1) is 0 Å². The smallest absolute Gasteiger partial charge is 0.411 e. The minimum absolute atomic E-state index is 0.0609. The Kier molecular flexibility index (Phi) is 11.3. The Labute approximate surface area is 289 Å². The summed E-state index contributed by atoms with van der Waals surface area (Å²) in [5.41, 5.74) is 0.531. The summed E-state index contributed by atoms with van der Waals surface area (Å²) in [6.45, 7) is 6.11. The summed E-state index contributed by atoms with van der Waals surface area (Å²) >= 11 is 19.2. The van der Waals surface area contributed by atoms with E-state index >= 15 is 0 Å². The number of rotatable bonds is 7. The van der Waals surface area contributed by atoms with Crippen LogP contribution in [-0.4, -0.2) is 92.3 Å². The van der Waals surface area contributed by atoms with Crippen LogP contribution in [0.25, 0.3) is 0 Å². The zero-order valence-electron chi connectivity index (χ0n) is 26.9. The van der Waals surface area contributed by atoms with Crippen molar-refractivity contribution in [2.45, 2.75) is 57.1 Å². The van der Waals surface area contributed by atoms with E-state index in [4.69, 9.17) is 49.0 Å². The zero-order valence-corrected chi connectivity index (χ0v) is 29.2. The van der Waals surface area contributed by atoms with Gasteiger partial charge < -0.3 is 34.6 Å². The molecule has 4 aliphatic rings. The van der Waals surface area contributed by atoms with Crippen LogP contribution < -0.4 is 10.6 Å². The van der Waals surface area contributed by atoms with Crippen LogP contribution in [0.3, 0.4) is 0 Å². The number of methoxy groups -OCH3 is 2. The van der Waals surface area contributed by atoms with E-state index < -0.39 is 29.5 Å². The molecule has 5 atom stereocenters. The third kappa shape index (κ3) is 7.23. The van der Waals surface area contributed by atoms with Gasteiger partial charge in [0, 0.05) is 65.8 Å². The summed E-state index contributed by atoms with van der Waals surface area (Å²) < 4.78 is 15.6. The second kappa shape index (κ2) is 15.1. The summed E-state index contributed by atoms with van der Waals surface area (Å²) in [7, 11) is 2.49. The Balaban J connectivity index is 1.48. The number of piperazine rings is 1. The molecule has 1 aromatic carbocycles. The zero-order chi connectivity index (χ0) is 34.0. The number of benzene rings is 1. The number of ether oxygens (including phenoxy) is 3. The normalized spacial score (nSPS) is 26.7. The molecule has 1 aliphatic carbocycles. The minimum Gasteiger partial charge on any atom is -0.466 e. The molecule has 2 bridgehead atoms. The van der Waals surface area contributed by atoms with Crippen molar-refractivity contribution in [2.24, 2.45) is 17.8 Å². The SMILES string of the molecule is COC(=O)C1=C(C)NC(CC(=O)N2CCNCC2C2C3CCCC2CN(C(=O)OC(C)Cl)C3)=C(C(=O)OC)C1c1c(Cl)cccc1Cl. The number of hydrogen-bond acceptors (Lipinski definition) is 9. The number of piperidine rings is 1. The van der Waals surface area contributed by atoms with Gasteiger partial charge in [0.15, 0.2) is 5.56 Å². The average Bonchev–Trinajstić information content (AvgIpc) is 3.03. The van der Waals surface area contributed by atoms with Crippen LogP contribution in [-0.2, 0) is 28.6 Å². The van der Waals surface area contributed by atoms with Crippen LogP contribution >= 0.6 is 34.8 Å². The molecule has 5 rings (SSSR count). The van der Waals surface area contributed by atoms with Crippen LogP contribution in [0.1, 0.15) is 51.0 Å². The number of alkyl halides is 1. The highest BCUT2D eigenvalue weighted by Gasteiger charge is 2.48. The van der Waals surface area contributed by atoms with Gasteiger partial charge in [-0.25, -0.2) is 14.4 Å². The third-order valence-corrected chi connectivity index (χ3v) is 10.5. The second-order valence-electron chi connectivity index (χ2n) is 12.5. The van der Waals surface area contributed by atoms with Gasteiger partial charge in [0.1, 0.15) is 0 Å². The first-order chi connectivity index (χ1) is 22.5. The summed E-state index contributed by atoms with van der Waals surface area (Å²) in [6, 6.07) is 4.80. The number of allylic oxidation sites excluding steroid dienone is 1. The van der Waals surface area contributed by atoms with Gasteiger partial charge in [-0.1, -0.05) is 47.3 Å². The lowest BCUT2D eigenvalue weighted by molar-refractivity contribution is -0.138. The molecule has 2 saturated heterocycles. The van der Waals surface area contributed by atoms with Gasteiger partial charge in [-0.3, -0.25) is 4.79 Å². The number of amides is 2. The quantitative estimate of drug-likeness (QED) is 0.233. The Morgan fingerprint density at radius 1 is 1.00 bits per heavy atom. The molecule has 0 spiro atoms. The predicted octanol–water partition coefficient (Wildman–Crippen LogP) is 4.81. The summed E-state index contributed by atoms with van der Waals surface area (Å²) in [4.78, 5) is 57.5. The van der Waals surface area contributed by atoms with E-state index in [1.54, 1.807) is 36.9 Å². The fraction of sp³-hybridized carbons (Fsp3) is 0.576. The lowest BCUT2D eigenvalue weighted by Gasteiger charge is -2.53. The molecule has 3 heterocycles. The Bertz CT molecular complexity index is 1450. The van der Waals surface area contributed by atoms with Crippen molar-refractivity contribution in [3.05, 3.63) is 56.3 Å². The highest BCUT2D eigenvalue weighted by Crippen LogP contribution is 2.46. The number of fused-ring (bicyclic) bond motifs is 2.